The van der Waals surface area contributed by atoms with Crippen LogP contribution in [0, 0.1) is 17.8 Å². The second-order valence-electron chi connectivity index (χ2n) is 29.8. The lowest BCUT2D eigenvalue weighted by Gasteiger charge is -2.46. The number of hydrogen-bond donors (Lipinski definition) is 16. The van der Waals surface area contributed by atoms with Gasteiger partial charge < -0.3 is 157 Å². The zero-order chi connectivity index (χ0) is 79.8. The lowest BCUT2D eigenvalue weighted by Crippen LogP contribution is -2.62. The van der Waals surface area contributed by atoms with E-state index in [1.165, 1.54) is 0 Å². The lowest BCUT2D eigenvalue weighted by molar-refractivity contribution is -0.291. The molecule has 0 unspecified atom stereocenters. The Morgan fingerprint density at radius 2 is 0.848 bits per heavy atom. The Bertz CT molecular complexity index is 3320. The first-order valence-electron chi connectivity index (χ1n) is 39.2. The molecule has 3 aromatic carbocycles. The molecule has 2 saturated carbocycles. The van der Waals surface area contributed by atoms with Crippen molar-refractivity contribution in [3.05, 3.63) is 132 Å². The quantitative estimate of drug-likeness (QED) is 0.0296. The highest BCUT2D eigenvalue weighted by atomic mass is 16.8. The molecule has 3 aromatic rings. The second kappa shape index (κ2) is 44.3. The summed E-state index contributed by atoms with van der Waals surface area (Å²) in [6.07, 6.45) is -11.6. The van der Waals surface area contributed by atoms with Crippen molar-refractivity contribution in [1.82, 2.24) is 16.0 Å². The van der Waals surface area contributed by atoms with Crippen LogP contribution in [0.4, 0.5) is 14.4 Å². The molecule has 30 atom stereocenters. The fourth-order valence-electron chi connectivity index (χ4n) is 15.3. The molecule has 6 heterocycles. The molecular weight excluding hydrogens is 1460 g/mol. The summed E-state index contributed by atoms with van der Waals surface area (Å²) in [5, 5.41) is 94.7. The van der Waals surface area contributed by atoms with Gasteiger partial charge in [-0.25, -0.2) is 14.4 Å². The van der Waals surface area contributed by atoms with Crippen molar-refractivity contribution in [2.24, 2.45) is 46.4 Å². The number of aliphatic hydroxyl groups is 8. The highest BCUT2D eigenvalue weighted by Crippen LogP contribution is 2.42. The molecule has 4 saturated heterocycles. The molecule has 0 bridgehead atoms. The summed E-state index contributed by atoms with van der Waals surface area (Å²) in [4.78, 5) is 38.9. The Kier molecular flexibility index (Phi) is 35.0. The van der Waals surface area contributed by atoms with Crippen molar-refractivity contribution in [3.63, 3.8) is 0 Å². The molecule has 112 heavy (non-hydrogen) atoms. The standard InChI is InChI=1S/C52H67N3O16.C26H51N5O10/c1-3-37-21-23-39(54-51(61)64-30-34-16-9-5-10-17-34)47(66-37)69-44-32(2)26-36(20-13-25-56)42(58)46(44)71-49-43(59)45(41(28-57)68-49)70-48-40(55-52(62)65-31-35-18-11-6-12-19-35)24-22-38(67-48)27-53-50(60)63-29-33-14-7-4-8-15-33;27-9-13-3-5-15(29)24(36-13)39-21-17(31)8-12(2-1-7-32)19(34)23(21)41-26-20(35)22(18(11-33)38-26)40-25-16(30)6-4-14(10-28)37-25/h4-12,14-19,21-24,32,36-49,56-59H,3,13,20,25-31H2,1-2H3,(H,53,60)(H,54,61)(H,55,62);12-26,32-35H,1-11,27-31H2/t32-,36+,37+,38+,39+,40+,41+,42-,43+,44+,45+,46+,47+,48+,49-;12-,13+,14-,15-,16-,17+,18-,19+,20-,21-,22-,23-,24-,25-,26+/m01/s1. The smallest absolute Gasteiger partial charge is 0.408 e. The number of rotatable bonds is 33. The minimum absolute atomic E-state index is 0.0215. The molecule has 3 amide bonds. The van der Waals surface area contributed by atoms with Gasteiger partial charge in [-0.3, -0.25) is 0 Å². The van der Waals surface area contributed by atoms with Gasteiger partial charge >= 0.3 is 18.3 Å². The van der Waals surface area contributed by atoms with Gasteiger partial charge in [0.1, 0.15) is 86.8 Å². The highest BCUT2D eigenvalue weighted by Gasteiger charge is 2.55. The van der Waals surface area contributed by atoms with Gasteiger partial charge in [0.05, 0.1) is 74.6 Å². The predicted molar refractivity (Wildman–Crippen MR) is 398 cm³/mol. The van der Waals surface area contributed by atoms with Crippen LogP contribution in [0.25, 0.3) is 0 Å². The maximum absolute atomic E-state index is 13.2. The molecular formula is C78H118N8O26. The van der Waals surface area contributed by atoms with Gasteiger partial charge in [-0.15, -0.1) is 0 Å². The van der Waals surface area contributed by atoms with Crippen LogP contribution >= 0.6 is 0 Å². The summed E-state index contributed by atoms with van der Waals surface area (Å²) in [5.41, 5.74) is 33.0. The van der Waals surface area contributed by atoms with Gasteiger partial charge in [-0.2, -0.15) is 0 Å². The Balaban J connectivity index is 0.000000275. The second-order valence-corrected chi connectivity index (χ2v) is 29.8. The lowest BCUT2D eigenvalue weighted by atomic mass is 9.74. The number of aliphatic hydroxyl groups excluding tert-OH is 8. The average molecular weight is 1580 g/mol. The van der Waals surface area contributed by atoms with Crippen molar-refractivity contribution in [2.45, 2.75) is 270 Å². The van der Waals surface area contributed by atoms with Crippen LogP contribution in [0.2, 0.25) is 0 Å². The Labute approximate surface area is 652 Å². The van der Waals surface area contributed by atoms with E-state index < -0.39 is 179 Å². The van der Waals surface area contributed by atoms with Crippen molar-refractivity contribution in [3.8, 4) is 0 Å². The summed E-state index contributed by atoms with van der Waals surface area (Å²) >= 11 is 0. The van der Waals surface area contributed by atoms with E-state index in [2.05, 4.69) is 16.0 Å². The summed E-state index contributed by atoms with van der Waals surface area (Å²) < 4.78 is 90.9. The molecule has 34 heteroatoms. The van der Waals surface area contributed by atoms with Crippen molar-refractivity contribution in [2.75, 3.05) is 46.1 Å². The Hall–Kier alpha value is -6.05. The molecule has 34 nitrogen and oxygen atoms in total. The van der Waals surface area contributed by atoms with Crippen LogP contribution in [0.5, 0.6) is 0 Å². The molecule has 6 fully saturated rings. The van der Waals surface area contributed by atoms with Crippen molar-refractivity contribution in [1.29, 1.82) is 0 Å². The average Bonchev–Trinajstić information content (AvgIpc) is 1.43. The van der Waals surface area contributed by atoms with Gasteiger partial charge in [0.15, 0.2) is 37.7 Å². The number of carbonyl (C=O) groups is 3. The third kappa shape index (κ3) is 24.5. The number of carbonyl (C=O) groups excluding carboxylic acids is 3. The van der Waals surface area contributed by atoms with Crippen molar-refractivity contribution >= 4 is 18.3 Å². The zero-order valence-electron chi connectivity index (χ0n) is 63.5. The number of ether oxygens (including phenoxy) is 15. The van der Waals surface area contributed by atoms with Crippen LogP contribution < -0.4 is 44.6 Å². The normalized spacial score (nSPS) is 37.2. The first-order valence-corrected chi connectivity index (χ1v) is 39.2. The van der Waals surface area contributed by atoms with E-state index in [1.807, 2.05) is 98.8 Å². The van der Waals surface area contributed by atoms with Crippen LogP contribution in [0.1, 0.15) is 101 Å². The summed E-state index contributed by atoms with van der Waals surface area (Å²) in [7, 11) is 0. The van der Waals surface area contributed by atoms with Gasteiger partial charge in [0, 0.05) is 32.3 Å². The molecule has 0 spiro atoms. The minimum atomic E-state index is -1.61. The summed E-state index contributed by atoms with van der Waals surface area (Å²) in [6, 6.07) is 24.2. The van der Waals surface area contributed by atoms with E-state index in [4.69, 9.17) is 99.7 Å². The SMILES string of the molecule is CC[C@@H]1C=C[C@@H](NC(=O)OCc2ccccc2)[C@@H](O[C@H]2[C@H](O[C@@H]3O[C@H](CO)[C@@H](O[C@H]4O[C@@H](CNC(=O)OCc5ccccc5)C=C[C@H]4NC(=O)OCc4ccccc4)[C@H]3O)[C@@H](O)[C@H](CCCO)C[C@@H]2C)O1.NC[C@@H]1CC[C@@H](N)[C@@H](O[C@H]2[C@H](O[C@@H]3O[C@H](CO)[C@@H](O[C@H]4O[C@@H](CN)CC[C@H]4N)[C@H]3O)[C@@H](O)[C@H](CCCO)C[C@@H]2N)O1. The van der Waals surface area contributed by atoms with Crippen LogP contribution in [-0.2, 0) is 90.9 Å². The molecule has 0 aromatic heterocycles. The van der Waals surface area contributed by atoms with Gasteiger partial charge in [-0.1, -0.05) is 129 Å². The maximum atomic E-state index is 13.2. The maximum Gasteiger partial charge on any atom is 0.408 e. The van der Waals surface area contributed by atoms with Gasteiger partial charge in [0.2, 0.25) is 0 Å². The first-order chi connectivity index (χ1) is 54.2. The fourth-order valence-corrected chi connectivity index (χ4v) is 15.3. The van der Waals surface area contributed by atoms with Crippen molar-refractivity contribution < 1.29 is 126 Å². The van der Waals surface area contributed by atoms with E-state index in [-0.39, 0.29) is 75.6 Å². The Morgan fingerprint density at radius 3 is 1.29 bits per heavy atom. The molecule has 21 N–H and O–H groups in total. The summed E-state index contributed by atoms with van der Waals surface area (Å²) in [6.45, 7) is 3.24. The molecule has 626 valence electrons. The van der Waals surface area contributed by atoms with E-state index >= 15 is 0 Å². The number of nitrogens with one attached hydrogen (secondary N) is 3. The minimum Gasteiger partial charge on any atom is -0.445 e. The summed E-state index contributed by atoms with van der Waals surface area (Å²) in [5.74, 6) is -0.944. The topological polar surface area (TPSA) is 518 Å². The van der Waals surface area contributed by atoms with E-state index in [0.29, 0.717) is 83.7 Å². The number of nitrogens with two attached hydrogens (primary N) is 5. The molecule has 8 aliphatic rings. The third-order valence-corrected chi connectivity index (χ3v) is 21.5. The largest absolute Gasteiger partial charge is 0.445 e. The van der Waals surface area contributed by atoms with Gasteiger partial charge in [-0.05, 0) is 105 Å². The van der Waals surface area contributed by atoms with E-state index in [9.17, 15) is 55.2 Å². The number of amides is 3. The highest BCUT2D eigenvalue weighted by molar-refractivity contribution is 5.69. The molecule has 2 aliphatic carbocycles. The van der Waals surface area contributed by atoms with E-state index in [0.717, 1.165) is 16.7 Å². The fraction of sp³-hybridized carbons (Fsp3) is 0.679. The predicted octanol–water partition coefficient (Wildman–Crippen LogP) is 0.781. The van der Waals surface area contributed by atoms with E-state index in [1.54, 1.807) is 30.4 Å². The molecule has 6 aliphatic heterocycles. The third-order valence-electron chi connectivity index (χ3n) is 21.5. The number of benzene rings is 3. The van der Waals surface area contributed by atoms with Crippen LogP contribution in [0.15, 0.2) is 115 Å². The Morgan fingerprint density at radius 1 is 0.446 bits per heavy atom. The molecule has 11 rings (SSSR count). The molecule has 0 radical (unpaired) electrons. The number of hydrogen-bond acceptors (Lipinski definition) is 31. The first kappa shape index (κ1) is 88.3. The zero-order valence-corrected chi connectivity index (χ0v) is 63.5. The van der Waals surface area contributed by atoms with Gasteiger partial charge in [0.25, 0.3) is 0 Å². The number of alkyl carbamates (subject to hydrolysis) is 3. The monoisotopic (exact) mass is 1580 g/mol. The van der Waals surface area contributed by atoms with Crippen LogP contribution in [-0.4, -0.2) is 271 Å². The van der Waals surface area contributed by atoms with Crippen LogP contribution in [0.3, 0.4) is 0 Å².